The maximum Gasteiger partial charge on any atom is 0.405 e. The molecule has 2 aromatic carbocycles. The zero-order chi connectivity index (χ0) is 26.8. The molecular formula is C30H30N4O5. The molecule has 1 saturated heterocycles. The Kier molecular flexibility index (Phi) is 6.76. The molecule has 1 aliphatic heterocycles. The maximum absolute atomic E-state index is 12.9. The van der Waals surface area contributed by atoms with Crippen LogP contribution in [-0.4, -0.2) is 39.4 Å². The van der Waals surface area contributed by atoms with Crippen molar-refractivity contribution < 1.29 is 24.3 Å². The molecule has 9 nitrogen and oxygen atoms in total. The highest BCUT2D eigenvalue weighted by atomic mass is 16.8. The monoisotopic (exact) mass is 526 g/mol. The fraction of sp³-hybridized carbons (Fsp3) is 0.300. The average Bonchev–Trinajstić information content (AvgIpc) is 3.33. The molecule has 39 heavy (non-hydrogen) atoms. The zero-order valence-corrected chi connectivity index (χ0v) is 21.4. The van der Waals surface area contributed by atoms with Crippen molar-refractivity contribution in [3.05, 3.63) is 84.1 Å². The van der Waals surface area contributed by atoms with Gasteiger partial charge in [-0.05, 0) is 49.8 Å². The van der Waals surface area contributed by atoms with Gasteiger partial charge in [0.1, 0.15) is 5.65 Å². The van der Waals surface area contributed by atoms with Crippen molar-refractivity contribution in [1.82, 2.24) is 20.2 Å². The van der Waals surface area contributed by atoms with Crippen LogP contribution in [0.1, 0.15) is 54.4 Å². The van der Waals surface area contributed by atoms with Crippen molar-refractivity contribution >= 4 is 17.6 Å². The van der Waals surface area contributed by atoms with Gasteiger partial charge in [0.15, 0.2) is 6.29 Å². The Labute approximate surface area is 225 Å². The Morgan fingerprint density at radius 3 is 2.44 bits per heavy atom. The Bertz CT molecular complexity index is 1490. The number of hydrogen-bond acceptors (Lipinski definition) is 5. The number of imidazole rings is 1. The van der Waals surface area contributed by atoms with Crippen molar-refractivity contribution in [3.8, 4) is 22.5 Å². The molecule has 1 atom stereocenters. The number of nitrogens with zero attached hydrogens (tertiary/aromatic N) is 2. The molecule has 0 radical (unpaired) electrons. The van der Waals surface area contributed by atoms with Crippen LogP contribution in [0.5, 0.6) is 0 Å². The first-order valence-corrected chi connectivity index (χ1v) is 13.3. The lowest BCUT2D eigenvalue weighted by Crippen LogP contribution is -2.50. The second-order valence-corrected chi connectivity index (χ2v) is 10.1. The number of fused-ring (bicyclic) bond motifs is 1. The molecule has 4 aromatic rings. The molecule has 1 unspecified atom stereocenters. The van der Waals surface area contributed by atoms with Crippen LogP contribution in [0.15, 0.2) is 72.9 Å². The Morgan fingerprint density at radius 1 is 0.974 bits per heavy atom. The van der Waals surface area contributed by atoms with Crippen LogP contribution in [-0.2, 0) is 15.1 Å². The summed E-state index contributed by atoms with van der Waals surface area (Å²) in [6.45, 7) is 0.628. The normalized spacial score (nSPS) is 18.3. The number of hydrogen-bond donors (Lipinski definition) is 3. The van der Waals surface area contributed by atoms with Gasteiger partial charge in [-0.25, -0.2) is 20.1 Å². The number of pyridine rings is 1. The van der Waals surface area contributed by atoms with Gasteiger partial charge in [-0.3, -0.25) is 9.20 Å². The first kappa shape index (κ1) is 25.1. The first-order chi connectivity index (χ1) is 19.0. The molecule has 2 amide bonds. The number of hydroxylamine groups is 1. The quantitative estimate of drug-likeness (QED) is 0.274. The lowest BCUT2D eigenvalue weighted by atomic mass is 9.72. The molecule has 200 valence electrons. The molecule has 2 aromatic heterocycles. The number of carbonyl (C=O) groups is 2. The van der Waals surface area contributed by atoms with Crippen LogP contribution in [0, 0.1) is 0 Å². The summed E-state index contributed by atoms with van der Waals surface area (Å²) in [6.07, 6.45) is 5.62. The summed E-state index contributed by atoms with van der Waals surface area (Å²) < 4.78 is 7.46. The zero-order valence-electron chi connectivity index (χ0n) is 21.4. The summed E-state index contributed by atoms with van der Waals surface area (Å²) in [5, 5.41) is 12.1. The lowest BCUT2D eigenvalue weighted by Gasteiger charge is -2.42. The lowest BCUT2D eigenvalue weighted by molar-refractivity contribution is -0.186. The molecular weight excluding hydrogens is 496 g/mol. The summed E-state index contributed by atoms with van der Waals surface area (Å²) in [5.41, 5.74) is 7.56. The number of ether oxygens (including phenoxy) is 1. The number of benzene rings is 2. The summed E-state index contributed by atoms with van der Waals surface area (Å²) in [4.78, 5) is 34.7. The van der Waals surface area contributed by atoms with Crippen LogP contribution in [0.3, 0.4) is 0 Å². The van der Waals surface area contributed by atoms with E-state index in [1.54, 1.807) is 12.3 Å². The molecule has 6 rings (SSSR count). The summed E-state index contributed by atoms with van der Waals surface area (Å²) in [5.74, 6) is -0.360. The summed E-state index contributed by atoms with van der Waals surface area (Å²) in [7, 11) is 0. The van der Waals surface area contributed by atoms with E-state index >= 15 is 0 Å². The average molecular weight is 527 g/mol. The number of carbonyl (C=O) groups excluding carboxylic acids is 1. The van der Waals surface area contributed by atoms with Crippen molar-refractivity contribution in [2.24, 2.45) is 0 Å². The fourth-order valence-corrected chi connectivity index (χ4v) is 5.40. The minimum atomic E-state index is -1.01. The molecule has 1 saturated carbocycles. The molecule has 3 heterocycles. The Balaban J connectivity index is 1.35. The van der Waals surface area contributed by atoms with Crippen molar-refractivity contribution in [3.63, 3.8) is 0 Å². The van der Waals surface area contributed by atoms with Gasteiger partial charge >= 0.3 is 6.09 Å². The van der Waals surface area contributed by atoms with Crippen molar-refractivity contribution in [2.75, 3.05) is 6.61 Å². The van der Waals surface area contributed by atoms with Crippen LogP contribution in [0.25, 0.3) is 28.2 Å². The topological polar surface area (TPSA) is 114 Å². The number of nitrogens with one attached hydrogen (secondary N) is 2. The standard InChI is InChI=1S/C30H30N4O5/c35-28(33-39-25-9-4-5-18-38-25)22-12-15-24-31-26(27(34(24)19-22)21-7-2-1-3-8-21)20-10-13-23(14-11-20)30(16-6-17-30)32-29(36)37/h1-3,7-8,10-15,19,25,32H,4-6,9,16-18H2,(H,33,35)(H,36,37). The van der Waals surface area contributed by atoms with E-state index in [0.717, 1.165) is 66.6 Å². The van der Waals surface area contributed by atoms with Gasteiger partial charge in [0.2, 0.25) is 0 Å². The van der Waals surface area contributed by atoms with E-state index in [2.05, 4.69) is 10.8 Å². The molecule has 2 aliphatic rings. The predicted molar refractivity (Wildman–Crippen MR) is 145 cm³/mol. The van der Waals surface area contributed by atoms with E-state index in [9.17, 15) is 14.7 Å². The Hall–Kier alpha value is -4.21. The Morgan fingerprint density at radius 2 is 1.77 bits per heavy atom. The van der Waals surface area contributed by atoms with Gasteiger partial charge < -0.3 is 15.2 Å². The summed E-state index contributed by atoms with van der Waals surface area (Å²) >= 11 is 0. The minimum Gasteiger partial charge on any atom is -0.465 e. The highest BCUT2D eigenvalue weighted by Gasteiger charge is 2.40. The number of amides is 2. The number of rotatable bonds is 7. The highest BCUT2D eigenvalue weighted by molar-refractivity contribution is 5.94. The third-order valence-electron chi connectivity index (χ3n) is 7.61. The van der Waals surface area contributed by atoms with E-state index in [-0.39, 0.29) is 5.91 Å². The minimum absolute atomic E-state index is 0.360. The van der Waals surface area contributed by atoms with Gasteiger partial charge in [0, 0.05) is 30.4 Å². The molecule has 9 heteroatoms. The predicted octanol–water partition coefficient (Wildman–Crippen LogP) is 5.50. The van der Waals surface area contributed by atoms with Crippen LogP contribution in [0.4, 0.5) is 4.79 Å². The van der Waals surface area contributed by atoms with Crippen LogP contribution >= 0.6 is 0 Å². The second-order valence-electron chi connectivity index (χ2n) is 10.1. The fourth-order valence-electron chi connectivity index (χ4n) is 5.40. The van der Waals surface area contributed by atoms with E-state index in [1.807, 2.05) is 65.1 Å². The van der Waals surface area contributed by atoms with Gasteiger partial charge in [0.25, 0.3) is 5.91 Å². The third kappa shape index (κ3) is 4.98. The van der Waals surface area contributed by atoms with Gasteiger partial charge in [0.05, 0.1) is 22.5 Å². The van der Waals surface area contributed by atoms with E-state index in [4.69, 9.17) is 14.6 Å². The number of aromatic nitrogens is 2. The largest absolute Gasteiger partial charge is 0.465 e. The molecule has 3 N–H and O–H groups in total. The number of carboxylic acid groups (broad SMARTS) is 1. The van der Waals surface area contributed by atoms with Crippen molar-refractivity contribution in [2.45, 2.75) is 50.4 Å². The molecule has 2 fully saturated rings. The van der Waals surface area contributed by atoms with Gasteiger partial charge in [-0.2, -0.15) is 0 Å². The van der Waals surface area contributed by atoms with E-state index < -0.39 is 17.9 Å². The van der Waals surface area contributed by atoms with Crippen molar-refractivity contribution in [1.29, 1.82) is 0 Å². The summed E-state index contributed by atoms with van der Waals surface area (Å²) in [6, 6.07) is 21.4. The first-order valence-electron chi connectivity index (χ1n) is 13.3. The van der Waals surface area contributed by atoms with Crippen LogP contribution < -0.4 is 10.8 Å². The van der Waals surface area contributed by atoms with E-state index in [0.29, 0.717) is 17.8 Å². The smallest absolute Gasteiger partial charge is 0.405 e. The second kappa shape index (κ2) is 10.5. The maximum atomic E-state index is 12.9. The van der Waals surface area contributed by atoms with Gasteiger partial charge in [-0.1, -0.05) is 54.6 Å². The molecule has 0 bridgehead atoms. The SMILES string of the molecule is O=C(O)NC1(c2ccc(-c3nc4ccc(C(=O)NOC5CCCCO5)cn4c3-c3ccccc3)cc2)CCC1. The molecule has 1 aliphatic carbocycles. The molecule has 0 spiro atoms. The highest BCUT2D eigenvalue weighted by Crippen LogP contribution is 2.42. The van der Waals surface area contributed by atoms with Gasteiger partial charge in [-0.15, -0.1) is 0 Å². The third-order valence-corrected chi connectivity index (χ3v) is 7.61. The van der Waals surface area contributed by atoms with E-state index in [1.165, 1.54) is 0 Å². The van der Waals surface area contributed by atoms with Crippen LogP contribution in [0.2, 0.25) is 0 Å².